The fourth-order valence-corrected chi connectivity index (χ4v) is 2.93. The lowest BCUT2D eigenvalue weighted by Gasteiger charge is -2.19. The molecule has 0 heterocycles. The second-order valence-electron chi connectivity index (χ2n) is 6.80. The van der Waals surface area contributed by atoms with Crippen LogP contribution in [0, 0.1) is 17.1 Å². The van der Waals surface area contributed by atoms with Crippen LogP contribution < -0.4 is 16.0 Å². The Balaban J connectivity index is 1.77. The molecule has 0 atom stereocenters. The molecular formula is C20H16F4N4O2. The van der Waals surface area contributed by atoms with Crippen LogP contribution in [0.15, 0.2) is 36.4 Å². The van der Waals surface area contributed by atoms with E-state index in [0.717, 1.165) is 12.1 Å². The first-order valence-corrected chi connectivity index (χ1v) is 8.82. The number of anilines is 2. The molecule has 2 amide bonds. The van der Waals surface area contributed by atoms with E-state index in [1.807, 2.05) is 0 Å². The van der Waals surface area contributed by atoms with Crippen molar-refractivity contribution in [2.45, 2.75) is 24.6 Å². The second kappa shape index (κ2) is 7.67. The SMILES string of the molecule is CNC(=O)c1ccc(NC2(C(=O)Nc3ccc(C#N)c(C(F)(F)F)c3)CC2)cc1F. The topological polar surface area (TPSA) is 94.0 Å². The molecule has 1 aliphatic rings. The number of carbonyl (C=O) groups is 2. The maximum Gasteiger partial charge on any atom is 0.417 e. The summed E-state index contributed by atoms with van der Waals surface area (Å²) in [6.45, 7) is 0. The Bertz CT molecular complexity index is 1060. The summed E-state index contributed by atoms with van der Waals surface area (Å²) in [7, 11) is 1.37. The van der Waals surface area contributed by atoms with Crippen LogP contribution in [-0.4, -0.2) is 24.4 Å². The highest BCUT2D eigenvalue weighted by Crippen LogP contribution is 2.41. The summed E-state index contributed by atoms with van der Waals surface area (Å²) >= 11 is 0. The van der Waals surface area contributed by atoms with Crippen molar-refractivity contribution in [1.82, 2.24) is 5.32 Å². The van der Waals surface area contributed by atoms with Crippen molar-refractivity contribution in [1.29, 1.82) is 5.26 Å². The summed E-state index contributed by atoms with van der Waals surface area (Å²) in [6.07, 6.45) is -3.97. The summed E-state index contributed by atoms with van der Waals surface area (Å²) in [4.78, 5) is 24.2. The van der Waals surface area contributed by atoms with Gasteiger partial charge in [-0.05, 0) is 49.2 Å². The second-order valence-corrected chi connectivity index (χ2v) is 6.80. The van der Waals surface area contributed by atoms with E-state index in [-0.39, 0.29) is 16.9 Å². The average Bonchev–Trinajstić information content (AvgIpc) is 3.47. The summed E-state index contributed by atoms with van der Waals surface area (Å²) in [5, 5.41) is 16.5. The first-order valence-electron chi connectivity index (χ1n) is 8.82. The molecule has 0 saturated heterocycles. The summed E-state index contributed by atoms with van der Waals surface area (Å²) in [6, 6.07) is 8.13. The number of halogens is 4. The Morgan fingerprint density at radius 1 is 1.10 bits per heavy atom. The molecule has 0 spiro atoms. The van der Waals surface area contributed by atoms with Crippen LogP contribution in [0.25, 0.3) is 0 Å². The van der Waals surface area contributed by atoms with Gasteiger partial charge in [0.05, 0.1) is 22.8 Å². The van der Waals surface area contributed by atoms with Crippen LogP contribution in [0.3, 0.4) is 0 Å². The number of benzene rings is 2. The molecule has 0 radical (unpaired) electrons. The van der Waals surface area contributed by atoms with Gasteiger partial charge in [0.15, 0.2) is 0 Å². The minimum atomic E-state index is -4.74. The number of carbonyl (C=O) groups excluding carboxylic acids is 2. The van der Waals surface area contributed by atoms with Gasteiger partial charge in [-0.3, -0.25) is 9.59 Å². The Hall–Kier alpha value is -3.61. The lowest BCUT2D eigenvalue weighted by molar-refractivity contribution is -0.137. The summed E-state index contributed by atoms with van der Waals surface area (Å²) < 4.78 is 53.4. The molecule has 0 aromatic heterocycles. The van der Waals surface area contributed by atoms with E-state index in [2.05, 4.69) is 16.0 Å². The third kappa shape index (κ3) is 4.20. The number of nitrogens with one attached hydrogen (secondary N) is 3. The van der Waals surface area contributed by atoms with E-state index in [4.69, 9.17) is 5.26 Å². The molecule has 3 rings (SSSR count). The van der Waals surface area contributed by atoms with Crippen molar-refractivity contribution in [3.8, 4) is 6.07 Å². The Labute approximate surface area is 168 Å². The summed E-state index contributed by atoms with van der Waals surface area (Å²) in [5.74, 6) is -1.96. The smallest absolute Gasteiger partial charge is 0.371 e. The lowest BCUT2D eigenvalue weighted by atomic mass is 10.1. The quantitative estimate of drug-likeness (QED) is 0.644. The maximum atomic E-state index is 14.1. The zero-order chi connectivity index (χ0) is 22.1. The van der Waals surface area contributed by atoms with Gasteiger partial charge < -0.3 is 16.0 Å². The predicted octanol–water partition coefficient (Wildman–Crippen LogP) is 3.66. The van der Waals surface area contributed by atoms with E-state index in [9.17, 15) is 27.2 Å². The van der Waals surface area contributed by atoms with Crippen LogP contribution in [-0.2, 0) is 11.0 Å². The first-order chi connectivity index (χ1) is 14.1. The van der Waals surface area contributed by atoms with Gasteiger partial charge in [0.25, 0.3) is 5.91 Å². The normalized spacial score (nSPS) is 14.4. The van der Waals surface area contributed by atoms with Crippen molar-refractivity contribution >= 4 is 23.2 Å². The average molecular weight is 420 g/mol. The van der Waals surface area contributed by atoms with Gasteiger partial charge in [0, 0.05) is 18.4 Å². The molecule has 3 N–H and O–H groups in total. The standard InChI is InChI=1S/C20H16F4N4O2/c1-26-17(29)14-5-4-13(9-16(14)21)28-19(6-7-19)18(30)27-12-3-2-11(10-25)15(8-12)20(22,23)24/h2-5,8-9,28H,6-7H2,1H3,(H,26,29)(H,27,30). The van der Waals surface area contributed by atoms with Crippen LogP contribution in [0.2, 0.25) is 0 Å². The van der Waals surface area contributed by atoms with Crippen molar-refractivity contribution in [3.63, 3.8) is 0 Å². The molecule has 1 saturated carbocycles. The van der Waals surface area contributed by atoms with Gasteiger partial charge in [-0.25, -0.2) is 4.39 Å². The minimum absolute atomic E-state index is 0.111. The van der Waals surface area contributed by atoms with Crippen LogP contribution in [0.1, 0.15) is 34.3 Å². The van der Waals surface area contributed by atoms with Crippen LogP contribution in [0.5, 0.6) is 0 Å². The predicted molar refractivity (Wildman–Crippen MR) is 100 cm³/mol. The highest BCUT2D eigenvalue weighted by molar-refractivity contribution is 6.02. The Morgan fingerprint density at radius 2 is 1.77 bits per heavy atom. The Morgan fingerprint density at radius 3 is 2.30 bits per heavy atom. The maximum absolute atomic E-state index is 14.1. The number of amides is 2. The fraction of sp³-hybridized carbons (Fsp3) is 0.250. The zero-order valence-corrected chi connectivity index (χ0v) is 15.7. The number of hydrogen-bond acceptors (Lipinski definition) is 4. The van der Waals surface area contributed by atoms with E-state index >= 15 is 0 Å². The molecule has 2 aromatic rings. The largest absolute Gasteiger partial charge is 0.417 e. The van der Waals surface area contributed by atoms with Gasteiger partial charge in [-0.2, -0.15) is 18.4 Å². The van der Waals surface area contributed by atoms with Crippen molar-refractivity contribution < 1.29 is 27.2 Å². The number of nitrogens with zero attached hydrogens (tertiary/aromatic N) is 1. The number of alkyl halides is 3. The molecule has 0 unspecified atom stereocenters. The molecule has 1 fully saturated rings. The molecule has 6 nitrogen and oxygen atoms in total. The minimum Gasteiger partial charge on any atom is -0.371 e. The third-order valence-corrected chi connectivity index (χ3v) is 4.71. The van der Waals surface area contributed by atoms with Crippen LogP contribution in [0.4, 0.5) is 28.9 Å². The zero-order valence-electron chi connectivity index (χ0n) is 15.7. The van der Waals surface area contributed by atoms with Gasteiger partial charge in [0.1, 0.15) is 11.4 Å². The lowest BCUT2D eigenvalue weighted by Crippen LogP contribution is -2.37. The first kappa shape index (κ1) is 21.1. The van der Waals surface area contributed by atoms with Crippen molar-refractivity contribution in [2.75, 3.05) is 17.7 Å². The highest BCUT2D eigenvalue weighted by atomic mass is 19.4. The number of rotatable bonds is 5. The molecule has 30 heavy (non-hydrogen) atoms. The molecule has 2 aromatic carbocycles. The van der Waals surface area contributed by atoms with Gasteiger partial charge in [-0.15, -0.1) is 0 Å². The monoisotopic (exact) mass is 420 g/mol. The van der Waals surface area contributed by atoms with E-state index < -0.39 is 40.5 Å². The number of nitriles is 1. The van der Waals surface area contributed by atoms with E-state index in [1.54, 1.807) is 0 Å². The van der Waals surface area contributed by atoms with Gasteiger partial charge in [0.2, 0.25) is 5.91 Å². The van der Waals surface area contributed by atoms with Crippen molar-refractivity contribution in [2.24, 2.45) is 0 Å². The molecular weight excluding hydrogens is 404 g/mol. The van der Waals surface area contributed by atoms with Gasteiger partial charge >= 0.3 is 6.18 Å². The molecule has 156 valence electrons. The summed E-state index contributed by atoms with van der Waals surface area (Å²) in [5.41, 5.74) is -2.81. The fourth-order valence-electron chi connectivity index (χ4n) is 2.93. The van der Waals surface area contributed by atoms with Gasteiger partial charge in [-0.1, -0.05) is 0 Å². The molecule has 0 bridgehead atoms. The van der Waals surface area contributed by atoms with E-state index in [0.29, 0.717) is 18.9 Å². The molecule has 10 heteroatoms. The van der Waals surface area contributed by atoms with E-state index in [1.165, 1.54) is 31.3 Å². The molecule has 0 aliphatic heterocycles. The highest BCUT2D eigenvalue weighted by Gasteiger charge is 2.50. The van der Waals surface area contributed by atoms with Crippen molar-refractivity contribution in [3.05, 3.63) is 58.9 Å². The number of hydrogen-bond donors (Lipinski definition) is 3. The Kier molecular flexibility index (Phi) is 5.39. The third-order valence-electron chi connectivity index (χ3n) is 4.71. The molecule has 1 aliphatic carbocycles. The van der Waals surface area contributed by atoms with Crippen LogP contribution >= 0.6 is 0 Å².